The van der Waals surface area contributed by atoms with Gasteiger partial charge in [-0.25, -0.2) is 9.18 Å². The van der Waals surface area contributed by atoms with Crippen LogP contribution in [0.1, 0.15) is 18.4 Å². The number of halogens is 1. The molecule has 5 nitrogen and oxygen atoms in total. The van der Waals surface area contributed by atoms with Gasteiger partial charge in [0, 0.05) is 12.6 Å². The van der Waals surface area contributed by atoms with Gasteiger partial charge in [-0.05, 0) is 44.6 Å². The van der Waals surface area contributed by atoms with E-state index in [1.807, 2.05) is 19.0 Å². The van der Waals surface area contributed by atoms with Gasteiger partial charge in [-0.3, -0.25) is 4.79 Å². The molecule has 2 rings (SSSR count). The van der Waals surface area contributed by atoms with E-state index in [-0.39, 0.29) is 24.2 Å². The Morgan fingerprint density at radius 3 is 2.50 bits per heavy atom. The van der Waals surface area contributed by atoms with Crippen molar-refractivity contribution in [1.29, 1.82) is 0 Å². The number of amides is 1. The molecule has 0 radical (unpaired) electrons. The van der Waals surface area contributed by atoms with Crippen LogP contribution in [0.5, 0.6) is 0 Å². The summed E-state index contributed by atoms with van der Waals surface area (Å²) in [5.41, 5.74) is 0.685. The Bertz CT molecular complexity index is 545. The fourth-order valence-corrected chi connectivity index (χ4v) is 2.83. The molecule has 0 spiro atoms. The topological polar surface area (TPSA) is 60.9 Å². The maximum Gasteiger partial charge on any atom is 0.326 e. The summed E-state index contributed by atoms with van der Waals surface area (Å²) in [6, 6.07) is 5.07. The van der Waals surface area contributed by atoms with Crippen LogP contribution < -0.4 is 0 Å². The number of carbonyl (C=O) groups excluding carboxylic acids is 1. The van der Waals surface area contributed by atoms with E-state index in [0.29, 0.717) is 18.5 Å². The van der Waals surface area contributed by atoms with Crippen LogP contribution in [-0.4, -0.2) is 59.5 Å². The Morgan fingerprint density at radius 2 is 1.95 bits per heavy atom. The third-order valence-electron chi connectivity index (χ3n) is 4.18. The summed E-state index contributed by atoms with van der Waals surface area (Å²) in [7, 11) is 3.83. The molecule has 1 N–H and O–H groups in total. The third kappa shape index (κ3) is 3.82. The summed E-state index contributed by atoms with van der Waals surface area (Å²) in [4.78, 5) is 27.3. The van der Waals surface area contributed by atoms with Crippen molar-refractivity contribution in [2.45, 2.75) is 31.3 Å². The first-order valence-corrected chi connectivity index (χ1v) is 7.31. The molecule has 1 aliphatic rings. The van der Waals surface area contributed by atoms with Crippen molar-refractivity contribution < 1.29 is 19.1 Å². The van der Waals surface area contributed by atoms with Gasteiger partial charge < -0.3 is 14.9 Å². The molecule has 1 fully saturated rings. The molecule has 1 aromatic carbocycles. The van der Waals surface area contributed by atoms with E-state index >= 15 is 0 Å². The Hall–Kier alpha value is -1.95. The minimum atomic E-state index is -0.973. The van der Waals surface area contributed by atoms with Crippen molar-refractivity contribution in [2.75, 3.05) is 20.6 Å². The number of carboxylic acids is 1. The van der Waals surface area contributed by atoms with E-state index in [1.54, 1.807) is 12.1 Å². The maximum absolute atomic E-state index is 12.9. The van der Waals surface area contributed by atoms with Gasteiger partial charge >= 0.3 is 5.97 Å². The number of aliphatic carboxylic acids is 1. The van der Waals surface area contributed by atoms with E-state index in [9.17, 15) is 19.1 Å². The normalized spacial score (nSPS) is 21.9. The molecule has 0 saturated carbocycles. The molecule has 1 saturated heterocycles. The van der Waals surface area contributed by atoms with Crippen LogP contribution in [-0.2, 0) is 16.0 Å². The van der Waals surface area contributed by atoms with Gasteiger partial charge in [0.15, 0.2) is 0 Å². The molecule has 22 heavy (non-hydrogen) atoms. The minimum Gasteiger partial charge on any atom is -0.480 e. The highest BCUT2D eigenvalue weighted by molar-refractivity contribution is 5.85. The summed E-state index contributed by atoms with van der Waals surface area (Å²) in [5.74, 6) is -1.55. The SMILES string of the molecule is CN(C)C1CCN(C(=O)Cc2ccc(F)cc2)C(C(=O)O)C1. The highest BCUT2D eigenvalue weighted by Gasteiger charge is 2.36. The number of piperidine rings is 1. The zero-order chi connectivity index (χ0) is 16.3. The molecular formula is C16H21FN2O3. The Morgan fingerprint density at radius 1 is 1.32 bits per heavy atom. The molecule has 0 aliphatic carbocycles. The fourth-order valence-electron chi connectivity index (χ4n) is 2.83. The number of rotatable bonds is 4. The second-order valence-corrected chi connectivity index (χ2v) is 5.89. The Kier molecular flexibility index (Phi) is 5.13. The molecule has 1 heterocycles. The Balaban J connectivity index is 2.07. The first kappa shape index (κ1) is 16.4. The van der Waals surface area contributed by atoms with Crippen molar-refractivity contribution in [2.24, 2.45) is 0 Å². The molecule has 2 atom stereocenters. The molecule has 2 unspecified atom stereocenters. The van der Waals surface area contributed by atoms with Crippen LogP contribution in [0, 0.1) is 5.82 Å². The van der Waals surface area contributed by atoms with E-state index in [0.717, 1.165) is 6.42 Å². The van der Waals surface area contributed by atoms with Gasteiger partial charge in [0.2, 0.25) is 5.91 Å². The minimum absolute atomic E-state index is 0.0939. The van der Waals surface area contributed by atoms with Gasteiger partial charge in [-0.1, -0.05) is 12.1 Å². The van der Waals surface area contributed by atoms with Crippen LogP contribution in [0.4, 0.5) is 4.39 Å². The first-order chi connectivity index (χ1) is 10.4. The highest BCUT2D eigenvalue weighted by atomic mass is 19.1. The lowest BCUT2D eigenvalue weighted by atomic mass is 9.95. The molecule has 6 heteroatoms. The van der Waals surface area contributed by atoms with Crippen molar-refractivity contribution in [3.8, 4) is 0 Å². The second-order valence-electron chi connectivity index (χ2n) is 5.89. The van der Waals surface area contributed by atoms with Crippen molar-refractivity contribution in [3.05, 3.63) is 35.6 Å². The smallest absolute Gasteiger partial charge is 0.326 e. The largest absolute Gasteiger partial charge is 0.480 e. The second kappa shape index (κ2) is 6.87. The number of benzene rings is 1. The number of hydrogen-bond donors (Lipinski definition) is 1. The zero-order valence-corrected chi connectivity index (χ0v) is 12.8. The quantitative estimate of drug-likeness (QED) is 0.913. The maximum atomic E-state index is 12.9. The van der Waals surface area contributed by atoms with Crippen molar-refractivity contribution in [3.63, 3.8) is 0 Å². The summed E-state index contributed by atoms with van der Waals surface area (Å²) in [6.45, 7) is 0.430. The predicted molar refractivity (Wildman–Crippen MR) is 79.9 cm³/mol. The molecule has 0 aromatic heterocycles. The van der Waals surface area contributed by atoms with Crippen molar-refractivity contribution >= 4 is 11.9 Å². The highest BCUT2D eigenvalue weighted by Crippen LogP contribution is 2.22. The molecule has 1 aromatic rings. The lowest BCUT2D eigenvalue weighted by Crippen LogP contribution is -2.54. The average molecular weight is 308 g/mol. The number of carbonyl (C=O) groups is 2. The lowest BCUT2D eigenvalue weighted by molar-refractivity contribution is -0.153. The van der Waals surface area contributed by atoms with Gasteiger partial charge in [-0.15, -0.1) is 0 Å². The number of carboxylic acid groups (broad SMARTS) is 1. The molecule has 1 aliphatic heterocycles. The first-order valence-electron chi connectivity index (χ1n) is 7.31. The van der Waals surface area contributed by atoms with Crippen molar-refractivity contribution in [1.82, 2.24) is 9.80 Å². The monoisotopic (exact) mass is 308 g/mol. The van der Waals surface area contributed by atoms with Crippen LogP contribution >= 0.6 is 0 Å². The lowest BCUT2D eigenvalue weighted by Gasteiger charge is -2.39. The van der Waals surface area contributed by atoms with E-state index < -0.39 is 12.0 Å². The standard InChI is InChI=1S/C16H21FN2O3/c1-18(2)13-7-8-19(14(10-13)16(21)22)15(20)9-11-3-5-12(17)6-4-11/h3-6,13-14H,7-10H2,1-2H3,(H,21,22). The van der Waals surface area contributed by atoms with Gasteiger partial charge in [0.1, 0.15) is 11.9 Å². The average Bonchev–Trinajstić information content (AvgIpc) is 2.48. The van der Waals surface area contributed by atoms with Crippen LogP contribution in [0.15, 0.2) is 24.3 Å². The van der Waals surface area contributed by atoms with Crippen LogP contribution in [0.2, 0.25) is 0 Å². The number of likely N-dealkylation sites (tertiary alicyclic amines) is 1. The summed E-state index contributed by atoms with van der Waals surface area (Å²) < 4.78 is 12.9. The van der Waals surface area contributed by atoms with Gasteiger partial charge in [-0.2, -0.15) is 0 Å². The number of nitrogens with zero attached hydrogens (tertiary/aromatic N) is 2. The van der Waals surface area contributed by atoms with Crippen LogP contribution in [0.25, 0.3) is 0 Å². The number of hydrogen-bond acceptors (Lipinski definition) is 3. The van der Waals surface area contributed by atoms with Crippen LogP contribution in [0.3, 0.4) is 0 Å². The predicted octanol–water partition coefficient (Wildman–Crippen LogP) is 1.37. The molecular weight excluding hydrogens is 287 g/mol. The van der Waals surface area contributed by atoms with E-state index in [1.165, 1.54) is 17.0 Å². The van der Waals surface area contributed by atoms with E-state index in [4.69, 9.17) is 0 Å². The van der Waals surface area contributed by atoms with E-state index in [2.05, 4.69) is 0 Å². The third-order valence-corrected chi connectivity index (χ3v) is 4.18. The fraction of sp³-hybridized carbons (Fsp3) is 0.500. The molecule has 1 amide bonds. The Labute approximate surface area is 129 Å². The summed E-state index contributed by atoms with van der Waals surface area (Å²) in [6.07, 6.45) is 1.28. The molecule has 120 valence electrons. The zero-order valence-electron chi connectivity index (χ0n) is 12.8. The summed E-state index contributed by atoms with van der Waals surface area (Å²) >= 11 is 0. The summed E-state index contributed by atoms with van der Waals surface area (Å²) in [5, 5.41) is 9.40. The molecule has 0 bridgehead atoms. The van der Waals surface area contributed by atoms with Gasteiger partial charge in [0.25, 0.3) is 0 Å². The van der Waals surface area contributed by atoms with Gasteiger partial charge in [0.05, 0.1) is 6.42 Å².